The molecule has 0 aliphatic heterocycles. The molecule has 1 aliphatic carbocycles. The molecule has 3 rings (SSSR count). The van der Waals surface area contributed by atoms with E-state index in [4.69, 9.17) is 0 Å². The molecule has 0 heterocycles. The smallest absolute Gasteiger partial charge is 0.241 e. The van der Waals surface area contributed by atoms with Crippen LogP contribution >= 0.6 is 0 Å². The molecule has 1 N–H and O–H groups in total. The van der Waals surface area contributed by atoms with E-state index in [9.17, 15) is 13.2 Å². The predicted molar refractivity (Wildman–Crippen MR) is 122 cm³/mol. The Kier molecular flexibility index (Phi) is 6.86. The molecular formula is C24H32N2O3S. The maximum atomic E-state index is 12.9. The summed E-state index contributed by atoms with van der Waals surface area (Å²) in [5.41, 5.74) is 6.29. The maximum Gasteiger partial charge on any atom is 0.241 e. The fraction of sp³-hybridized carbons (Fsp3) is 0.458. The van der Waals surface area contributed by atoms with Gasteiger partial charge >= 0.3 is 0 Å². The minimum Gasteiger partial charge on any atom is -0.348 e. The number of rotatable bonds is 7. The number of benzene rings is 2. The van der Waals surface area contributed by atoms with E-state index >= 15 is 0 Å². The van der Waals surface area contributed by atoms with Gasteiger partial charge in [0.15, 0.2) is 0 Å². The molecule has 2 aromatic carbocycles. The first kappa shape index (κ1) is 22.3. The van der Waals surface area contributed by atoms with Crippen LogP contribution in [0, 0.1) is 13.8 Å². The van der Waals surface area contributed by atoms with Crippen LogP contribution in [0.5, 0.6) is 0 Å². The van der Waals surface area contributed by atoms with Crippen LogP contribution in [0.2, 0.25) is 0 Å². The topological polar surface area (TPSA) is 66.5 Å². The lowest BCUT2D eigenvalue weighted by atomic mass is 9.89. The van der Waals surface area contributed by atoms with Gasteiger partial charge in [-0.2, -0.15) is 0 Å². The Labute approximate surface area is 180 Å². The van der Waals surface area contributed by atoms with Gasteiger partial charge in [-0.3, -0.25) is 9.10 Å². The van der Waals surface area contributed by atoms with Crippen molar-refractivity contribution in [2.24, 2.45) is 0 Å². The van der Waals surface area contributed by atoms with Gasteiger partial charge < -0.3 is 5.32 Å². The summed E-state index contributed by atoms with van der Waals surface area (Å²) in [4.78, 5) is 12.9. The fourth-order valence-corrected chi connectivity index (χ4v) is 5.14. The Morgan fingerprint density at radius 1 is 1.07 bits per heavy atom. The summed E-state index contributed by atoms with van der Waals surface area (Å²) in [6.45, 7) is 5.62. The first-order valence-electron chi connectivity index (χ1n) is 10.6. The average molecular weight is 429 g/mol. The molecule has 30 heavy (non-hydrogen) atoms. The van der Waals surface area contributed by atoms with Crippen molar-refractivity contribution in [2.45, 2.75) is 58.9 Å². The number of hydrogen-bond acceptors (Lipinski definition) is 3. The zero-order valence-corrected chi connectivity index (χ0v) is 19.2. The molecular weight excluding hydrogens is 396 g/mol. The van der Waals surface area contributed by atoms with E-state index in [2.05, 4.69) is 23.5 Å². The third-order valence-electron chi connectivity index (χ3n) is 5.83. The van der Waals surface area contributed by atoms with Gasteiger partial charge in [-0.25, -0.2) is 8.42 Å². The first-order chi connectivity index (χ1) is 14.2. The van der Waals surface area contributed by atoms with Crippen molar-refractivity contribution in [3.05, 3.63) is 64.2 Å². The maximum absolute atomic E-state index is 12.9. The number of aryl methyl sites for hydroxylation is 4. The Morgan fingerprint density at radius 3 is 2.40 bits per heavy atom. The number of carbonyl (C=O) groups is 1. The molecule has 1 atom stereocenters. The van der Waals surface area contributed by atoms with E-state index in [-0.39, 0.29) is 18.5 Å². The Hall–Kier alpha value is -2.34. The van der Waals surface area contributed by atoms with E-state index in [1.54, 1.807) is 6.07 Å². The van der Waals surface area contributed by atoms with Crippen LogP contribution in [0.3, 0.4) is 0 Å². The highest BCUT2D eigenvalue weighted by atomic mass is 32.2. The number of hydrogen-bond donors (Lipinski definition) is 1. The lowest BCUT2D eigenvalue weighted by molar-refractivity contribution is -0.120. The average Bonchev–Trinajstić information content (AvgIpc) is 2.69. The van der Waals surface area contributed by atoms with Gasteiger partial charge in [0.1, 0.15) is 6.54 Å². The number of anilines is 1. The minimum atomic E-state index is -3.60. The van der Waals surface area contributed by atoms with Gasteiger partial charge in [0.05, 0.1) is 18.0 Å². The van der Waals surface area contributed by atoms with Crippen LogP contribution in [0.4, 0.5) is 5.69 Å². The molecule has 0 saturated heterocycles. The molecule has 0 unspecified atom stereocenters. The number of nitrogens with zero attached hydrogens (tertiary/aromatic N) is 1. The van der Waals surface area contributed by atoms with E-state index in [0.717, 1.165) is 42.2 Å². The van der Waals surface area contributed by atoms with Gasteiger partial charge in [0.2, 0.25) is 15.9 Å². The molecule has 2 aromatic rings. The van der Waals surface area contributed by atoms with Crippen molar-refractivity contribution in [1.29, 1.82) is 0 Å². The molecule has 5 nitrogen and oxygen atoms in total. The van der Waals surface area contributed by atoms with Crippen molar-refractivity contribution in [3.63, 3.8) is 0 Å². The number of sulfonamides is 1. The zero-order valence-electron chi connectivity index (χ0n) is 18.4. The van der Waals surface area contributed by atoms with E-state index in [1.807, 2.05) is 32.9 Å². The summed E-state index contributed by atoms with van der Waals surface area (Å²) < 4.78 is 26.1. The first-order valence-corrected chi connectivity index (χ1v) is 12.5. The number of nitrogens with one attached hydrogen (secondary N) is 1. The van der Waals surface area contributed by atoms with Crippen molar-refractivity contribution >= 4 is 21.6 Å². The van der Waals surface area contributed by atoms with Crippen LogP contribution in [0.15, 0.2) is 36.4 Å². The second kappa shape index (κ2) is 9.21. The number of fused-ring (bicyclic) bond motifs is 1. The van der Waals surface area contributed by atoms with Crippen LogP contribution in [0.25, 0.3) is 0 Å². The second-order valence-corrected chi connectivity index (χ2v) is 10.2. The van der Waals surface area contributed by atoms with Crippen molar-refractivity contribution in [3.8, 4) is 0 Å². The quantitative estimate of drug-likeness (QED) is 0.718. The lowest BCUT2D eigenvalue weighted by Crippen LogP contribution is -2.41. The molecule has 0 saturated carbocycles. The zero-order chi connectivity index (χ0) is 21.9. The second-order valence-electron chi connectivity index (χ2n) is 8.32. The molecule has 0 bridgehead atoms. The Bertz CT molecular complexity index is 1030. The summed E-state index contributed by atoms with van der Waals surface area (Å²) in [6.07, 6.45) is 6.53. The summed E-state index contributed by atoms with van der Waals surface area (Å²) in [5.74, 6) is -0.301. The normalized spacial score (nSPS) is 14.7. The summed E-state index contributed by atoms with van der Waals surface area (Å²) in [6, 6.07) is 11.9. The highest BCUT2D eigenvalue weighted by molar-refractivity contribution is 7.92. The highest BCUT2D eigenvalue weighted by Crippen LogP contribution is 2.27. The molecule has 1 aliphatic rings. The van der Waals surface area contributed by atoms with Crippen molar-refractivity contribution in [1.82, 2.24) is 5.32 Å². The van der Waals surface area contributed by atoms with Gasteiger partial charge in [0.25, 0.3) is 0 Å². The fourth-order valence-electron chi connectivity index (χ4n) is 4.23. The predicted octanol–water partition coefficient (Wildman–Crippen LogP) is 4.22. The third-order valence-corrected chi connectivity index (χ3v) is 6.95. The number of carbonyl (C=O) groups excluding carboxylic acids is 1. The van der Waals surface area contributed by atoms with Crippen molar-refractivity contribution < 1.29 is 13.2 Å². The van der Waals surface area contributed by atoms with E-state index < -0.39 is 10.0 Å². The third kappa shape index (κ3) is 5.22. The minimum absolute atomic E-state index is 0.134. The summed E-state index contributed by atoms with van der Waals surface area (Å²) in [7, 11) is -3.60. The van der Waals surface area contributed by atoms with E-state index in [0.29, 0.717) is 5.69 Å². The van der Waals surface area contributed by atoms with Crippen LogP contribution in [0.1, 0.15) is 60.0 Å². The number of amides is 1. The molecule has 6 heteroatoms. The largest absolute Gasteiger partial charge is 0.348 e. The summed E-state index contributed by atoms with van der Waals surface area (Å²) in [5, 5.41) is 3.05. The highest BCUT2D eigenvalue weighted by Gasteiger charge is 2.24. The molecule has 0 spiro atoms. The van der Waals surface area contributed by atoms with Crippen molar-refractivity contribution in [2.75, 3.05) is 17.1 Å². The molecule has 1 amide bonds. The molecule has 0 radical (unpaired) electrons. The summed E-state index contributed by atoms with van der Waals surface area (Å²) >= 11 is 0. The SMILES string of the molecule is CC[C@@H](NC(=O)CN(c1ccc(C)cc1C)S(C)(=O)=O)c1ccc2c(c1)CCCC2. The standard InChI is InChI=1S/C24H32N2O3S/c1-5-22(21-12-11-19-8-6-7-9-20(19)15-21)25-24(27)16-26(30(4,28)29)23-13-10-17(2)14-18(23)3/h10-15,22H,5-9,16H2,1-4H3,(H,25,27)/t22-/m1/s1. The Balaban J connectivity index is 1.78. The van der Waals surface area contributed by atoms with Gasteiger partial charge in [0, 0.05) is 0 Å². The van der Waals surface area contributed by atoms with Gasteiger partial charge in [-0.15, -0.1) is 0 Å². The Morgan fingerprint density at radius 2 is 1.77 bits per heavy atom. The van der Waals surface area contributed by atoms with Gasteiger partial charge in [-0.1, -0.05) is 42.8 Å². The lowest BCUT2D eigenvalue weighted by Gasteiger charge is -2.26. The van der Waals surface area contributed by atoms with Crippen LogP contribution in [-0.4, -0.2) is 27.1 Å². The molecule has 0 aromatic heterocycles. The monoisotopic (exact) mass is 428 g/mol. The molecule has 162 valence electrons. The van der Waals surface area contributed by atoms with Crippen LogP contribution < -0.4 is 9.62 Å². The van der Waals surface area contributed by atoms with Gasteiger partial charge in [-0.05, 0) is 74.3 Å². The van der Waals surface area contributed by atoms with E-state index in [1.165, 1.54) is 28.3 Å². The van der Waals surface area contributed by atoms with Crippen LogP contribution in [-0.2, 0) is 27.7 Å². The molecule has 0 fully saturated rings.